The van der Waals surface area contributed by atoms with E-state index in [1.165, 1.54) is 0 Å². The Morgan fingerprint density at radius 3 is 2.29 bits per heavy atom. The van der Waals surface area contributed by atoms with Crippen LogP contribution >= 0.6 is 0 Å². The molecule has 0 radical (unpaired) electrons. The number of aliphatic carboxylic acids is 1. The quantitative estimate of drug-likeness (QED) is 0.688. The molecule has 1 fully saturated rings. The van der Waals surface area contributed by atoms with Crippen LogP contribution in [-0.2, 0) is 9.59 Å². The second-order valence-corrected chi connectivity index (χ2v) is 3.45. The van der Waals surface area contributed by atoms with Gasteiger partial charge in [0.2, 0.25) is 5.91 Å². The van der Waals surface area contributed by atoms with Crippen molar-refractivity contribution in [1.82, 2.24) is 5.32 Å². The lowest BCUT2D eigenvalue weighted by molar-refractivity contribution is -0.192. The molecule has 1 atom stereocenters. The molecule has 8 heteroatoms. The first-order valence-corrected chi connectivity index (χ1v) is 4.97. The lowest BCUT2D eigenvalue weighted by Crippen LogP contribution is -2.21. The Hall–Kier alpha value is -1.31. The number of carbonyl (C=O) groups excluding carboxylic acids is 1. The van der Waals surface area contributed by atoms with Gasteiger partial charge in [-0.1, -0.05) is 0 Å². The summed E-state index contributed by atoms with van der Waals surface area (Å²) in [5.74, 6) is -2.42. The van der Waals surface area contributed by atoms with Crippen LogP contribution in [0.25, 0.3) is 0 Å². The molecule has 0 bridgehead atoms. The fourth-order valence-corrected chi connectivity index (χ4v) is 1.26. The summed E-state index contributed by atoms with van der Waals surface area (Å²) in [6, 6.07) is 0. The van der Waals surface area contributed by atoms with Gasteiger partial charge < -0.3 is 15.5 Å². The van der Waals surface area contributed by atoms with Crippen LogP contribution in [0.4, 0.5) is 13.2 Å². The first kappa shape index (κ1) is 15.7. The van der Waals surface area contributed by atoms with Gasteiger partial charge in [0.25, 0.3) is 0 Å². The van der Waals surface area contributed by atoms with Crippen LogP contribution < -0.4 is 5.32 Å². The molecular formula is C9H14F3NO4. The predicted molar refractivity (Wildman–Crippen MR) is 51.1 cm³/mol. The van der Waals surface area contributed by atoms with Gasteiger partial charge in [-0.15, -0.1) is 0 Å². The summed E-state index contributed by atoms with van der Waals surface area (Å²) in [5, 5.41) is 18.4. The minimum atomic E-state index is -5.08. The lowest BCUT2D eigenvalue weighted by atomic mass is 10.0. The van der Waals surface area contributed by atoms with Crippen molar-refractivity contribution in [1.29, 1.82) is 0 Å². The van der Waals surface area contributed by atoms with Crippen molar-refractivity contribution in [2.24, 2.45) is 5.92 Å². The summed E-state index contributed by atoms with van der Waals surface area (Å²) in [4.78, 5) is 19.8. The van der Waals surface area contributed by atoms with Gasteiger partial charge in [0, 0.05) is 19.1 Å². The third-order valence-electron chi connectivity index (χ3n) is 2.12. The average molecular weight is 257 g/mol. The van der Waals surface area contributed by atoms with Crippen molar-refractivity contribution in [3.8, 4) is 0 Å². The predicted octanol–water partition coefficient (Wildman–Crippen LogP) is 0.528. The zero-order chi connectivity index (χ0) is 13.5. The van der Waals surface area contributed by atoms with Gasteiger partial charge in [-0.2, -0.15) is 13.2 Å². The van der Waals surface area contributed by atoms with Crippen LogP contribution in [-0.4, -0.2) is 41.4 Å². The van der Waals surface area contributed by atoms with Crippen molar-refractivity contribution in [3.05, 3.63) is 0 Å². The first-order valence-electron chi connectivity index (χ1n) is 4.97. The standard InChI is InChI=1S/C7H13NO2.C2HF3O2/c9-5-1-2-6-3-4-8-7(6)10;3-2(4,5)1(6)7/h6,9H,1-5H2,(H,8,10);(H,6,7). The van der Waals surface area contributed by atoms with E-state index in [4.69, 9.17) is 15.0 Å². The van der Waals surface area contributed by atoms with Crippen molar-refractivity contribution in [3.63, 3.8) is 0 Å². The molecule has 0 aromatic heterocycles. The number of carbonyl (C=O) groups is 2. The fourth-order valence-electron chi connectivity index (χ4n) is 1.26. The maximum Gasteiger partial charge on any atom is 0.490 e. The third-order valence-corrected chi connectivity index (χ3v) is 2.12. The number of hydrogen-bond acceptors (Lipinski definition) is 3. The van der Waals surface area contributed by atoms with Crippen LogP contribution in [0.2, 0.25) is 0 Å². The molecule has 1 unspecified atom stereocenters. The maximum atomic E-state index is 10.9. The highest BCUT2D eigenvalue weighted by Crippen LogP contribution is 2.15. The summed E-state index contributed by atoms with van der Waals surface area (Å²) in [6.07, 6.45) is -2.56. The number of carboxylic acid groups (broad SMARTS) is 1. The largest absolute Gasteiger partial charge is 0.490 e. The van der Waals surface area contributed by atoms with E-state index in [2.05, 4.69) is 5.32 Å². The van der Waals surface area contributed by atoms with Crippen LogP contribution in [0, 0.1) is 5.92 Å². The molecule has 0 spiro atoms. The van der Waals surface area contributed by atoms with E-state index >= 15 is 0 Å². The number of aliphatic hydroxyl groups excluding tert-OH is 1. The molecule has 5 nitrogen and oxygen atoms in total. The molecule has 3 N–H and O–H groups in total. The summed E-state index contributed by atoms with van der Waals surface area (Å²) < 4.78 is 31.7. The molecule has 0 aromatic carbocycles. The van der Waals surface area contributed by atoms with Gasteiger partial charge >= 0.3 is 12.1 Å². The monoisotopic (exact) mass is 257 g/mol. The smallest absolute Gasteiger partial charge is 0.475 e. The molecule has 1 aliphatic heterocycles. The van der Waals surface area contributed by atoms with E-state index < -0.39 is 12.1 Å². The van der Waals surface area contributed by atoms with Gasteiger partial charge in [0.15, 0.2) is 0 Å². The maximum absolute atomic E-state index is 10.9. The van der Waals surface area contributed by atoms with Gasteiger partial charge in [-0.05, 0) is 19.3 Å². The zero-order valence-electron chi connectivity index (χ0n) is 8.96. The Kier molecular flexibility index (Phi) is 6.55. The first-order chi connectivity index (χ1) is 7.79. The number of aliphatic hydroxyl groups is 1. The number of hydrogen-bond donors (Lipinski definition) is 3. The summed E-state index contributed by atoms with van der Waals surface area (Å²) in [7, 11) is 0. The lowest BCUT2D eigenvalue weighted by Gasteiger charge is -2.02. The summed E-state index contributed by atoms with van der Waals surface area (Å²) in [6.45, 7) is 1.01. The molecule has 1 heterocycles. The minimum absolute atomic E-state index is 0.161. The highest BCUT2D eigenvalue weighted by atomic mass is 19.4. The van der Waals surface area contributed by atoms with E-state index in [1.807, 2.05) is 0 Å². The van der Waals surface area contributed by atoms with Gasteiger partial charge in [-0.25, -0.2) is 4.79 Å². The van der Waals surface area contributed by atoms with E-state index in [0.29, 0.717) is 0 Å². The molecule has 1 saturated heterocycles. The number of nitrogens with one attached hydrogen (secondary N) is 1. The van der Waals surface area contributed by atoms with E-state index in [-0.39, 0.29) is 18.4 Å². The van der Waals surface area contributed by atoms with E-state index in [0.717, 1.165) is 25.8 Å². The van der Waals surface area contributed by atoms with Crippen molar-refractivity contribution >= 4 is 11.9 Å². The molecular weight excluding hydrogens is 243 g/mol. The number of rotatable bonds is 3. The molecule has 0 aromatic rings. The topological polar surface area (TPSA) is 86.6 Å². The van der Waals surface area contributed by atoms with Crippen LogP contribution in [0.1, 0.15) is 19.3 Å². The van der Waals surface area contributed by atoms with Gasteiger partial charge in [-0.3, -0.25) is 4.79 Å². The van der Waals surface area contributed by atoms with E-state index in [1.54, 1.807) is 0 Å². The second-order valence-electron chi connectivity index (χ2n) is 3.45. The van der Waals surface area contributed by atoms with Crippen LogP contribution in [0.5, 0.6) is 0 Å². The molecule has 17 heavy (non-hydrogen) atoms. The number of amides is 1. The fraction of sp³-hybridized carbons (Fsp3) is 0.778. The zero-order valence-corrected chi connectivity index (χ0v) is 8.96. The SMILES string of the molecule is O=C(O)C(F)(F)F.O=C1NCCC1CCCO. The van der Waals surface area contributed by atoms with Crippen LogP contribution in [0.3, 0.4) is 0 Å². The Balaban J connectivity index is 0.000000325. The number of alkyl halides is 3. The van der Waals surface area contributed by atoms with Crippen LogP contribution in [0.15, 0.2) is 0 Å². The Bertz CT molecular complexity index is 267. The Labute approximate surface area is 95.6 Å². The minimum Gasteiger partial charge on any atom is -0.475 e. The summed E-state index contributed by atoms with van der Waals surface area (Å²) in [5.41, 5.74) is 0. The second kappa shape index (κ2) is 7.10. The third kappa shape index (κ3) is 6.77. The highest BCUT2D eigenvalue weighted by molar-refractivity contribution is 5.80. The Morgan fingerprint density at radius 2 is 2.00 bits per heavy atom. The number of carboxylic acids is 1. The molecule has 0 saturated carbocycles. The normalized spacial score (nSPS) is 19.3. The van der Waals surface area contributed by atoms with Crippen molar-refractivity contribution in [2.45, 2.75) is 25.4 Å². The number of halogens is 3. The molecule has 1 rings (SSSR count). The van der Waals surface area contributed by atoms with E-state index in [9.17, 15) is 18.0 Å². The summed E-state index contributed by atoms with van der Waals surface area (Å²) >= 11 is 0. The molecule has 1 aliphatic rings. The van der Waals surface area contributed by atoms with Crippen molar-refractivity contribution in [2.75, 3.05) is 13.2 Å². The average Bonchev–Trinajstić information content (AvgIpc) is 2.60. The van der Waals surface area contributed by atoms with Crippen molar-refractivity contribution < 1.29 is 33.0 Å². The van der Waals surface area contributed by atoms with Gasteiger partial charge in [0.05, 0.1) is 0 Å². The highest BCUT2D eigenvalue weighted by Gasteiger charge is 2.38. The molecule has 1 amide bonds. The molecule has 100 valence electrons. The molecule has 0 aliphatic carbocycles. The Morgan fingerprint density at radius 1 is 1.47 bits per heavy atom. The van der Waals surface area contributed by atoms with Gasteiger partial charge in [0.1, 0.15) is 0 Å².